The molecular formula is C16H29NO. The molecular weight excluding hydrogens is 222 g/mol. The lowest BCUT2D eigenvalue weighted by atomic mass is 9.89. The molecule has 1 saturated heterocycles. The zero-order valence-electron chi connectivity index (χ0n) is 11.9. The molecule has 0 bridgehead atoms. The second-order valence-corrected chi connectivity index (χ2v) is 5.67. The van der Waals surface area contributed by atoms with Gasteiger partial charge in [0, 0.05) is 6.61 Å². The molecule has 0 aromatic carbocycles. The molecule has 2 nitrogen and oxygen atoms in total. The van der Waals surface area contributed by atoms with Crippen LogP contribution >= 0.6 is 0 Å². The highest BCUT2D eigenvalue weighted by Gasteiger charge is 2.26. The maximum atomic E-state index is 6.01. The summed E-state index contributed by atoms with van der Waals surface area (Å²) in [5, 5.41) is 3.68. The standard InChI is InChI=1S/C16H29NO/c1-2-17-16(15-12-8-9-13-18-15)14-10-6-4-3-5-7-11-14/h10,15-17H,2-9,11-13H2,1H3. The van der Waals surface area contributed by atoms with Crippen molar-refractivity contribution in [3.63, 3.8) is 0 Å². The predicted molar refractivity (Wildman–Crippen MR) is 76.8 cm³/mol. The van der Waals surface area contributed by atoms with Crippen LogP contribution in [0.5, 0.6) is 0 Å². The monoisotopic (exact) mass is 251 g/mol. The molecule has 2 atom stereocenters. The summed E-state index contributed by atoms with van der Waals surface area (Å²) in [5.74, 6) is 0. The normalized spacial score (nSPS) is 28.1. The number of hydrogen-bond donors (Lipinski definition) is 1. The van der Waals surface area contributed by atoms with Gasteiger partial charge in [0.05, 0.1) is 12.1 Å². The molecule has 0 aromatic heterocycles. The second-order valence-electron chi connectivity index (χ2n) is 5.67. The summed E-state index contributed by atoms with van der Waals surface area (Å²) in [4.78, 5) is 0. The average Bonchev–Trinajstić information content (AvgIpc) is 2.38. The highest BCUT2D eigenvalue weighted by Crippen LogP contribution is 2.26. The first-order chi connectivity index (χ1) is 8.92. The molecule has 2 aliphatic rings. The fourth-order valence-corrected chi connectivity index (χ4v) is 3.25. The zero-order valence-corrected chi connectivity index (χ0v) is 11.9. The molecule has 0 radical (unpaired) electrons. The molecule has 0 spiro atoms. The van der Waals surface area contributed by atoms with Crippen LogP contribution in [-0.4, -0.2) is 25.3 Å². The van der Waals surface area contributed by atoms with Gasteiger partial charge >= 0.3 is 0 Å². The van der Waals surface area contributed by atoms with Crippen LogP contribution in [0.25, 0.3) is 0 Å². The molecule has 1 aliphatic heterocycles. The van der Waals surface area contributed by atoms with Gasteiger partial charge < -0.3 is 10.1 Å². The third-order valence-corrected chi connectivity index (χ3v) is 4.24. The summed E-state index contributed by atoms with van der Waals surface area (Å²) in [7, 11) is 0. The summed E-state index contributed by atoms with van der Waals surface area (Å²) >= 11 is 0. The molecule has 1 heterocycles. The summed E-state index contributed by atoms with van der Waals surface area (Å²) < 4.78 is 6.01. The Morgan fingerprint density at radius 1 is 1.22 bits per heavy atom. The van der Waals surface area contributed by atoms with Gasteiger partial charge in [0.25, 0.3) is 0 Å². The van der Waals surface area contributed by atoms with Crippen LogP contribution in [0, 0.1) is 0 Å². The fourth-order valence-electron chi connectivity index (χ4n) is 3.25. The smallest absolute Gasteiger partial charge is 0.0766 e. The van der Waals surface area contributed by atoms with Crippen LogP contribution in [0.4, 0.5) is 0 Å². The number of likely N-dealkylation sites (N-methyl/N-ethyl adjacent to an activating group) is 1. The topological polar surface area (TPSA) is 21.3 Å². The predicted octanol–water partition coefficient (Wildman–Crippen LogP) is 3.81. The van der Waals surface area contributed by atoms with Gasteiger partial charge in [-0.3, -0.25) is 0 Å². The Kier molecular flexibility index (Phi) is 6.22. The van der Waals surface area contributed by atoms with E-state index in [0.29, 0.717) is 12.1 Å². The van der Waals surface area contributed by atoms with Crippen molar-refractivity contribution < 1.29 is 4.74 Å². The summed E-state index contributed by atoms with van der Waals surface area (Å²) in [5.41, 5.74) is 1.63. The van der Waals surface area contributed by atoms with Crippen molar-refractivity contribution in [3.05, 3.63) is 11.6 Å². The van der Waals surface area contributed by atoms with Crippen LogP contribution in [0.1, 0.15) is 64.7 Å². The van der Waals surface area contributed by atoms with E-state index < -0.39 is 0 Å². The van der Waals surface area contributed by atoms with Gasteiger partial charge in [0.15, 0.2) is 0 Å². The molecule has 18 heavy (non-hydrogen) atoms. The summed E-state index contributed by atoms with van der Waals surface area (Å²) in [6.07, 6.45) is 14.8. The maximum absolute atomic E-state index is 6.01. The van der Waals surface area contributed by atoms with E-state index in [1.54, 1.807) is 5.57 Å². The third-order valence-electron chi connectivity index (χ3n) is 4.24. The molecule has 2 heteroatoms. The van der Waals surface area contributed by atoms with Crippen LogP contribution in [-0.2, 0) is 4.74 Å². The van der Waals surface area contributed by atoms with E-state index in [1.165, 1.54) is 57.8 Å². The molecule has 1 N–H and O–H groups in total. The minimum atomic E-state index is 0.421. The molecule has 0 amide bonds. The van der Waals surface area contributed by atoms with Gasteiger partial charge in [0.1, 0.15) is 0 Å². The lowest BCUT2D eigenvalue weighted by molar-refractivity contribution is -0.000423. The summed E-state index contributed by atoms with van der Waals surface area (Å²) in [6.45, 7) is 4.21. The Labute approximate surface area is 112 Å². The first kappa shape index (κ1) is 14.1. The van der Waals surface area contributed by atoms with Crippen molar-refractivity contribution in [1.29, 1.82) is 0 Å². The van der Waals surface area contributed by atoms with Crippen LogP contribution < -0.4 is 5.32 Å². The Morgan fingerprint density at radius 3 is 2.89 bits per heavy atom. The number of rotatable bonds is 4. The SMILES string of the molecule is CCNC(C1=CCCCCCC1)C1CCCCO1. The van der Waals surface area contributed by atoms with Crippen LogP contribution in [0.2, 0.25) is 0 Å². The van der Waals surface area contributed by atoms with Gasteiger partial charge in [-0.2, -0.15) is 0 Å². The van der Waals surface area contributed by atoms with Gasteiger partial charge in [-0.05, 0) is 51.5 Å². The van der Waals surface area contributed by atoms with Gasteiger partial charge in [-0.25, -0.2) is 0 Å². The molecule has 104 valence electrons. The minimum Gasteiger partial charge on any atom is -0.376 e. The largest absolute Gasteiger partial charge is 0.376 e. The number of ether oxygens (including phenoxy) is 1. The quantitative estimate of drug-likeness (QED) is 0.767. The van der Waals surface area contributed by atoms with Gasteiger partial charge in [-0.1, -0.05) is 31.4 Å². The Balaban J connectivity index is 2.01. The van der Waals surface area contributed by atoms with Gasteiger partial charge in [-0.15, -0.1) is 0 Å². The lowest BCUT2D eigenvalue weighted by Crippen LogP contribution is -2.44. The van der Waals surface area contributed by atoms with Crippen LogP contribution in [0.3, 0.4) is 0 Å². The number of hydrogen-bond acceptors (Lipinski definition) is 2. The Bertz CT molecular complexity index is 256. The second kappa shape index (κ2) is 7.96. The van der Waals surface area contributed by atoms with E-state index in [2.05, 4.69) is 18.3 Å². The highest BCUT2D eigenvalue weighted by atomic mass is 16.5. The van der Waals surface area contributed by atoms with E-state index in [0.717, 1.165) is 13.2 Å². The Morgan fingerprint density at radius 2 is 2.11 bits per heavy atom. The first-order valence-corrected chi connectivity index (χ1v) is 7.95. The minimum absolute atomic E-state index is 0.421. The van der Waals surface area contributed by atoms with Gasteiger partial charge in [0.2, 0.25) is 0 Å². The maximum Gasteiger partial charge on any atom is 0.0766 e. The van der Waals surface area contributed by atoms with E-state index in [9.17, 15) is 0 Å². The Hall–Kier alpha value is -0.340. The molecule has 2 unspecified atom stereocenters. The lowest BCUT2D eigenvalue weighted by Gasteiger charge is -2.33. The van der Waals surface area contributed by atoms with E-state index in [1.807, 2.05) is 0 Å². The van der Waals surface area contributed by atoms with Crippen molar-refractivity contribution in [2.75, 3.05) is 13.2 Å². The third kappa shape index (κ3) is 4.10. The van der Waals surface area contributed by atoms with Crippen molar-refractivity contribution >= 4 is 0 Å². The molecule has 1 aliphatic carbocycles. The van der Waals surface area contributed by atoms with Crippen molar-refractivity contribution in [3.8, 4) is 0 Å². The van der Waals surface area contributed by atoms with E-state index >= 15 is 0 Å². The highest BCUT2D eigenvalue weighted by molar-refractivity contribution is 5.14. The average molecular weight is 251 g/mol. The number of allylic oxidation sites excluding steroid dienone is 1. The van der Waals surface area contributed by atoms with Crippen LogP contribution in [0.15, 0.2) is 11.6 Å². The molecule has 1 fully saturated rings. The van der Waals surface area contributed by atoms with Crippen molar-refractivity contribution in [2.24, 2.45) is 0 Å². The number of nitrogens with one attached hydrogen (secondary N) is 1. The zero-order chi connectivity index (χ0) is 12.6. The molecule has 2 rings (SSSR count). The van der Waals surface area contributed by atoms with Crippen molar-refractivity contribution in [1.82, 2.24) is 5.32 Å². The fraction of sp³-hybridized carbons (Fsp3) is 0.875. The summed E-state index contributed by atoms with van der Waals surface area (Å²) in [6, 6.07) is 0.480. The van der Waals surface area contributed by atoms with E-state index in [4.69, 9.17) is 4.74 Å². The molecule has 0 saturated carbocycles. The van der Waals surface area contributed by atoms with E-state index in [-0.39, 0.29) is 0 Å². The first-order valence-electron chi connectivity index (χ1n) is 7.95. The van der Waals surface area contributed by atoms with Crippen molar-refractivity contribution in [2.45, 2.75) is 76.9 Å². The molecule has 0 aromatic rings.